The number of nitrogens with zero attached hydrogens (tertiary/aromatic N) is 1. The molecule has 2 fully saturated rings. The Morgan fingerprint density at radius 1 is 1.22 bits per heavy atom. The number of carbonyl (C=O) groups is 1. The number of benzene rings is 1. The Bertz CT molecular complexity index is 809. The molecule has 1 aromatic heterocycles. The van der Waals surface area contributed by atoms with E-state index in [1.807, 2.05) is 11.4 Å². The molecule has 4 rings (SSSR count). The van der Waals surface area contributed by atoms with Gasteiger partial charge in [0.25, 0.3) is 0 Å². The first kappa shape index (κ1) is 18.4. The van der Waals surface area contributed by atoms with Crippen LogP contribution in [0.3, 0.4) is 0 Å². The van der Waals surface area contributed by atoms with E-state index in [-0.39, 0.29) is 12.2 Å². The van der Waals surface area contributed by atoms with Gasteiger partial charge in [-0.3, -0.25) is 4.90 Å². The molecule has 1 aromatic carbocycles. The zero-order chi connectivity index (χ0) is 19.0. The molecular formula is C20H22F2N2O2S. The molecule has 2 saturated heterocycles. The number of thiophene rings is 1. The minimum atomic E-state index is -0.601. The highest BCUT2D eigenvalue weighted by molar-refractivity contribution is 7.10. The van der Waals surface area contributed by atoms with Crippen molar-refractivity contribution >= 4 is 23.1 Å². The van der Waals surface area contributed by atoms with E-state index < -0.39 is 11.6 Å². The van der Waals surface area contributed by atoms with Crippen molar-refractivity contribution in [2.45, 2.75) is 50.3 Å². The second kappa shape index (κ2) is 7.56. The maximum Gasteiger partial charge on any atom is 0.414 e. The Labute approximate surface area is 161 Å². The fraction of sp³-hybridized carbons (Fsp3) is 0.450. The first-order valence-electron chi connectivity index (χ1n) is 9.19. The van der Waals surface area contributed by atoms with Crippen LogP contribution in [-0.4, -0.2) is 31.3 Å². The van der Waals surface area contributed by atoms with Crippen LogP contribution in [0.15, 0.2) is 29.6 Å². The van der Waals surface area contributed by atoms with Crippen LogP contribution in [0.25, 0.3) is 0 Å². The molecule has 7 heteroatoms. The Kier molecular flexibility index (Phi) is 5.14. The molecule has 2 unspecified atom stereocenters. The lowest BCUT2D eigenvalue weighted by molar-refractivity contribution is 0.0730. The van der Waals surface area contributed by atoms with Crippen LogP contribution in [-0.2, 0) is 11.2 Å². The summed E-state index contributed by atoms with van der Waals surface area (Å²) in [6.45, 7) is 0. The lowest BCUT2D eigenvalue weighted by Crippen LogP contribution is -2.43. The van der Waals surface area contributed by atoms with Gasteiger partial charge < -0.3 is 10.1 Å². The smallest absolute Gasteiger partial charge is 0.414 e. The predicted molar refractivity (Wildman–Crippen MR) is 101 cm³/mol. The molecular weight excluding hydrogens is 370 g/mol. The minimum absolute atomic E-state index is 0.0573. The molecule has 1 amide bonds. The molecule has 27 heavy (non-hydrogen) atoms. The van der Waals surface area contributed by atoms with Gasteiger partial charge in [0, 0.05) is 36.5 Å². The largest absolute Gasteiger partial charge is 0.446 e. The molecule has 2 aromatic rings. The van der Waals surface area contributed by atoms with E-state index in [1.165, 1.54) is 28.4 Å². The highest BCUT2D eigenvalue weighted by atomic mass is 32.1. The summed E-state index contributed by atoms with van der Waals surface area (Å²) in [7, 11) is 1.68. The lowest BCUT2D eigenvalue weighted by atomic mass is 10.0. The third-order valence-electron chi connectivity index (χ3n) is 5.34. The highest BCUT2D eigenvalue weighted by Crippen LogP contribution is 2.31. The monoisotopic (exact) mass is 392 g/mol. The van der Waals surface area contributed by atoms with Crippen molar-refractivity contribution in [1.82, 2.24) is 5.32 Å². The summed E-state index contributed by atoms with van der Waals surface area (Å²) < 4.78 is 32.6. The van der Waals surface area contributed by atoms with Crippen molar-refractivity contribution in [2.24, 2.45) is 0 Å². The van der Waals surface area contributed by atoms with Crippen LogP contribution < -0.4 is 10.2 Å². The Balaban J connectivity index is 1.43. The molecule has 3 heterocycles. The van der Waals surface area contributed by atoms with Gasteiger partial charge in [-0.05, 0) is 54.8 Å². The first-order chi connectivity index (χ1) is 13.0. The number of nitrogens with one attached hydrogen (secondary N) is 1. The number of anilines is 1. The van der Waals surface area contributed by atoms with E-state index in [0.29, 0.717) is 29.8 Å². The number of hydrogen-bond acceptors (Lipinski definition) is 4. The average Bonchev–Trinajstić information content (AvgIpc) is 3.19. The third kappa shape index (κ3) is 4.14. The van der Waals surface area contributed by atoms with Gasteiger partial charge in [0.1, 0.15) is 17.7 Å². The molecule has 0 spiro atoms. The van der Waals surface area contributed by atoms with Crippen LogP contribution in [0.2, 0.25) is 0 Å². The second-order valence-electron chi connectivity index (χ2n) is 7.36. The predicted octanol–water partition coefficient (Wildman–Crippen LogP) is 4.47. The van der Waals surface area contributed by atoms with Gasteiger partial charge in [-0.1, -0.05) is 0 Å². The van der Waals surface area contributed by atoms with E-state index in [1.54, 1.807) is 7.05 Å². The summed E-state index contributed by atoms with van der Waals surface area (Å²) in [4.78, 5) is 15.0. The van der Waals surface area contributed by atoms with Gasteiger partial charge in [-0.25, -0.2) is 13.6 Å². The molecule has 2 bridgehead atoms. The van der Waals surface area contributed by atoms with E-state index in [0.717, 1.165) is 36.6 Å². The Morgan fingerprint density at radius 2 is 1.89 bits per heavy atom. The van der Waals surface area contributed by atoms with Crippen molar-refractivity contribution < 1.29 is 18.3 Å². The number of halogens is 2. The lowest BCUT2D eigenvalue weighted by Gasteiger charge is -2.30. The van der Waals surface area contributed by atoms with Gasteiger partial charge in [0.15, 0.2) is 0 Å². The van der Waals surface area contributed by atoms with Gasteiger partial charge in [-0.2, -0.15) is 0 Å². The van der Waals surface area contributed by atoms with Gasteiger partial charge in [0.05, 0.1) is 5.69 Å². The summed E-state index contributed by atoms with van der Waals surface area (Å²) in [6.07, 6.45) is 3.92. The van der Waals surface area contributed by atoms with Crippen molar-refractivity contribution in [1.29, 1.82) is 0 Å². The third-order valence-corrected chi connectivity index (χ3v) is 6.25. The van der Waals surface area contributed by atoms with Crippen LogP contribution in [0.1, 0.15) is 36.1 Å². The SMILES string of the molecule is CN(C(=O)OC1CC2CCC(C1)N2)c1ccsc1Cc1cc(F)cc(F)c1. The van der Waals surface area contributed by atoms with Gasteiger partial charge >= 0.3 is 6.09 Å². The molecule has 0 radical (unpaired) electrons. The van der Waals surface area contributed by atoms with Crippen LogP contribution in [0.4, 0.5) is 19.3 Å². The topological polar surface area (TPSA) is 41.6 Å². The minimum Gasteiger partial charge on any atom is -0.446 e. The maximum atomic E-state index is 13.4. The number of rotatable bonds is 4. The van der Waals surface area contributed by atoms with Crippen LogP contribution >= 0.6 is 11.3 Å². The fourth-order valence-electron chi connectivity index (χ4n) is 4.08. The van der Waals surface area contributed by atoms with Crippen LogP contribution in [0.5, 0.6) is 0 Å². The molecule has 2 aliphatic heterocycles. The molecule has 0 aliphatic carbocycles. The van der Waals surface area contributed by atoms with E-state index in [9.17, 15) is 13.6 Å². The number of carbonyl (C=O) groups excluding carboxylic acids is 1. The van der Waals surface area contributed by atoms with Crippen molar-refractivity contribution in [3.8, 4) is 0 Å². The molecule has 2 atom stereocenters. The summed E-state index contributed by atoms with van der Waals surface area (Å²) >= 11 is 1.45. The second-order valence-corrected chi connectivity index (χ2v) is 8.36. The fourth-order valence-corrected chi connectivity index (χ4v) is 5.02. The highest BCUT2D eigenvalue weighted by Gasteiger charge is 2.35. The summed E-state index contributed by atoms with van der Waals surface area (Å²) in [5.41, 5.74) is 1.25. The zero-order valence-electron chi connectivity index (χ0n) is 15.1. The van der Waals surface area contributed by atoms with Gasteiger partial charge in [-0.15, -0.1) is 11.3 Å². The quantitative estimate of drug-likeness (QED) is 0.835. The van der Waals surface area contributed by atoms with Crippen molar-refractivity contribution in [3.05, 3.63) is 51.7 Å². The average molecular weight is 392 g/mol. The van der Waals surface area contributed by atoms with E-state index >= 15 is 0 Å². The maximum absolute atomic E-state index is 13.4. The Morgan fingerprint density at radius 3 is 2.56 bits per heavy atom. The normalized spacial score (nSPS) is 24.0. The van der Waals surface area contributed by atoms with E-state index in [2.05, 4.69) is 5.32 Å². The van der Waals surface area contributed by atoms with Gasteiger partial charge in [0.2, 0.25) is 0 Å². The Hall–Kier alpha value is -1.99. The standard InChI is InChI=1S/C20H22F2N2O2S/c1-24(20(25)26-17-10-15-2-3-16(11-17)23-15)18-4-5-27-19(18)8-12-6-13(21)9-14(22)7-12/h4-7,9,15-17,23H,2-3,8,10-11H2,1H3. The first-order valence-corrected chi connectivity index (χ1v) is 10.1. The van der Waals surface area contributed by atoms with E-state index in [4.69, 9.17) is 4.74 Å². The number of hydrogen-bond donors (Lipinski definition) is 1. The number of ether oxygens (including phenoxy) is 1. The van der Waals surface area contributed by atoms with Crippen molar-refractivity contribution in [3.63, 3.8) is 0 Å². The molecule has 144 valence electrons. The molecule has 4 nitrogen and oxygen atoms in total. The zero-order valence-corrected chi connectivity index (χ0v) is 15.9. The molecule has 1 N–H and O–H groups in total. The summed E-state index contributed by atoms with van der Waals surface area (Å²) in [6, 6.07) is 6.22. The molecule has 2 aliphatic rings. The molecule has 0 saturated carbocycles. The summed E-state index contributed by atoms with van der Waals surface area (Å²) in [5.74, 6) is -1.20. The summed E-state index contributed by atoms with van der Waals surface area (Å²) in [5, 5.41) is 5.40. The number of piperidine rings is 1. The van der Waals surface area contributed by atoms with Crippen LogP contribution in [0, 0.1) is 11.6 Å². The number of amides is 1. The van der Waals surface area contributed by atoms with Crippen molar-refractivity contribution in [2.75, 3.05) is 11.9 Å². The number of fused-ring (bicyclic) bond motifs is 2.